The molecule has 2 aromatic carbocycles. The van der Waals surface area contributed by atoms with Gasteiger partial charge in [-0.25, -0.2) is 22.9 Å². The van der Waals surface area contributed by atoms with E-state index in [4.69, 9.17) is 16.3 Å². The standard InChI is InChI=1S/C22H15ClF2N2O5S/c1-2-16(17-12(24)4-3-5-13(17)25)32-10-6-7-11(23)15(8-10)27-20(28)18-14(26-22(27)31)9-33-19(18)21(29)30/h3-9,16H,2H2,1H3,(H,26,31)(H,29,30). The Hall–Kier alpha value is -3.50. The molecule has 1 unspecified atom stereocenters. The number of fused-ring (bicyclic) bond motifs is 1. The van der Waals surface area contributed by atoms with E-state index >= 15 is 0 Å². The molecule has 11 heteroatoms. The molecule has 0 saturated heterocycles. The van der Waals surface area contributed by atoms with Crippen molar-refractivity contribution < 1.29 is 23.4 Å². The van der Waals surface area contributed by atoms with Crippen molar-refractivity contribution in [1.29, 1.82) is 0 Å². The number of nitrogens with zero attached hydrogens (tertiary/aromatic N) is 1. The number of thiophene rings is 1. The molecule has 7 nitrogen and oxygen atoms in total. The van der Waals surface area contributed by atoms with Gasteiger partial charge in [0.1, 0.15) is 28.4 Å². The molecule has 1 atom stereocenters. The van der Waals surface area contributed by atoms with Crippen molar-refractivity contribution in [3.8, 4) is 11.4 Å². The Bertz CT molecular complexity index is 1490. The maximum atomic E-state index is 14.2. The van der Waals surface area contributed by atoms with Crippen molar-refractivity contribution in [3.05, 3.63) is 89.7 Å². The van der Waals surface area contributed by atoms with Crippen molar-refractivity contribution in [2.45, 2.75) is 19.4 Å². The lowest BCUT2D eigenvalue weighted by Crippen LogP contribution is -2.34. The fourth-order valence-electron chi connectivity index (χ4n) is 3.48. The summed E-state index contributed by atoms with van der Waals surface area (Å²) in [4.78, 5) is 39.5. The van der Waals surface area contributed by atoms with Crippen LogP contribution in [0.25, 0.3) is 16.6 Å². The number of rotatable bonds is 6. The number of hydrogen-bond donors (Lipinski definition) is 2. The van der Waals surface area contributed by atoms with Crippen LogP contribution in [0.5, 0.6) is 5.75 Å². The second-order valence-corrected chi connectivity index (χ2v) is 8.28. The Morgan fingerprint density at radius 2 is 1.94 bits per heavy atom. The van der Waals surface area contributed by atoms with Gasteiger partial charge in [-0.05, 0) is 30.7 Å². The largest absolute Gasteiger partial charge is 0.485 e. The third kappa shape index (κ3) is 4.03. The molecule has 0 bridgehead atoms. The first-order valence-corrected chi connectivity index (χ1v) is 10.9. The van der Waals surface area contributed by atoms with E-state index in [9.17, 15) is 28.3 Å². The first-order valence-electron chi connectivity index (χ1n) is 9.63. The van der Waals surface area contributed by atoms with Crippen LogP contribution < -0.4 is 16.0 Å². The summed E-state index contributed by atoms with van der Waals surface area (Å²) in [6, 6.07) is 7.54. The molecule has 4 aromatic rings. The minimum atomic E-state index is -1.31. The molecule has 2 N–H and O–H groups in total. The number of ether oxygens (including phenoxy) is 1. The number of aromatic carboxylic acids is 1. The normalized spacial score (nSPS) is 12.1. The molecule has 4 rings (SSSR count). The number of hydrogen-bond acceptors (Lipinski definition) is 5. The number of carbonyl (C=O) groups is 1. The zero-order valence-electron chi connectivity index (χ0n) is 16.9. The highest BCUT2D eigenvalue weighted by Gasteiger charge is 2.23. The van der Waals surface area contributed by atoms with Crippen LogP contribution in [0.4, 0.5) is 8.78 Å². The lowest BCUT2D eigenvalue weighted by atomic mass is 10.1. The van der Waals surface area contributed by atoms with Crippen molar-refractivity contribution in [2.75, 3.05) is 0 Å². The Labute approximate surface area is 193 Å². The summed E-state index contributed by atoms with van der Waals surface area (Å²) in [7, 11) is 0. The summed E-state index contributed by atoms with van der Waals surface area (Å²) in [5.74, 6) is -2.76. The van der Waals surface area contributed by atoms with Gasteiger partial charge in [0.15, 0.2) is 0 Å². The maximum Gasteiger partial charge on any atom is 0.346 e. The number of halogens is 3. The summed E-state index contributed by atoms with van der Waals surface area (Å²) < 4.78 is 35.0. The number of aromatic nitrogens is 2. The highest BCUT2D eigenvalue weighted by atomic mass is 35.5. The Morgan fingerprint density at radius 3 is 2.58 bits per heavy atom. The van der Waals surface area contributed by atoms with Gasteiger partial charge in [-0.3, -0.25) is 4.79 Å². The number of H-pyrrole nitrogens is 1. The SMILES string of the molecule is CCC(Oc1ccc(Cl)c(-n2c(=O)[nH]c3csc(C(=O)O)c3c2=O)c1)c1c(F)cccc1F. The predicted molar refractivity (Wildman–Crippen MR) is 120 cm³/mol. The van der Waals surface area contributed by atoms with E-state index in [0.29, 0.717) is 4.57 Å². The molecule has 0 aliphatic carbocycles. The van der Waals surface area contributed by atoms with Crippen LogP contribution in [0.1, 0.15) is 34.7 Å². The molecule has 2 aromatic heterocycles. The Kier molecular flexibility index (Phi) is 6.05. The zero-order chi connectivity index (χ0) is 23.9. The van der Waals surface area contributed by atoms with Crippen LogP contribution in [-0.4, -0.2) is 20.6 Å². The van der Waals surface area contributed by atoms with E-state index in [1.54, 1.807) is 6.92 Å². The second-order valence-electron chi connectivity index (χ2n) is 6.99. The molecular weight excluding hydrogens is 478 g/mol. The third-order valence-electron chi connectivity index (χ3n) is 4.98. The molecule has 0 spiro atoms. The number of nitrogens with one attached hydrogen (secondary N) is 1. The Balaban J connectivity index is 1.84. The third-order valence-corrected chi connectivity index (χ3v) is 6.26. The zero-order valence-corrected chi connectivity index (χ0v) is 18.5. The lowest BCUT2D eigenvalue weighted by molar-refractivity contribution is 0.0704. The molecule has 0 aliphatic heterocycles. The summed E-state index contributed by atoms with van der Waals surface area (Å²) in [6.07, 6.45) is -0.771. The minimum Gasteiger partial charge on any atom is -0.485 e. The smallest absolute Gasteiger partial charge is 0.346 e. The average Bonchev–Trinajstić information content (AvgIpc) is 3.19. The second kappa shape index (κ2) is 8.80. The van der Waals surface area contributed by atoms with Gasteiger partial charge in [0, 0.05) is 11.4 Å². The first-order chi connectivity index (χ1) is 15.7. The lowest BCUT2D eigenvalue weighted by Gasteiger charge is -2.20. The van der Waals surface area contributed by atoms with Crippen molar-refractivity contribution in [3.63, 3.8) is 0 Å². The quantitative estimate of drug-likeness (QED) is 0.398. The molecule has 170 valence electrons. The summed E-state index contributed by atoms with van der Waals surface area (Å²) in [5, 5.41) is 10.6. The van der Waals surface area contributed by atoms with Crippen LogP contribution in [0.2, 0.25) is 5.02 Å². The monoisotopic (exact) mass is 492 g/mol. The fourth-order valence-corrected chi connectivity index (χ4v) is 4.51. The van der Waals surface area contributed by atoms with Gasteiger partial charge in [-0.1, -0.05) is 24.6 Å². The molecule has 0 aliphatic rings. The highest BCUT2D eigenvalue weighted by Crippen LogP contribution is 2.32. The Morgan fingerprint density at radius 1 is 1.24 bits per heavy atom. The fraction of sp³-hybridized carbons (Fsp3) is 0.136. The van der Waals surface area contributed by atoms with Crippen LogP contribution in [0, 0.1) is 11.6 Å². The van der Waals surface area contributed by atoms with Gasteiger partial charge < -0.3 is 14.8 Å². The van der Waals surface area contributed by atoms with Gasteiger partial charge in [0.25, 0.3) is 5.56 Å². The van der Waals surface area contributed by atoms with E-state index < -0.39 is 35.0 Å². The van der Waals surface area contributed by atoms with Gasteiger partial charge in [-0.15, -0.1) is 11.3 Å². The minimum absolute atomic E-state index is 0.00604. The van der Waals surface area contributed by atoms with Crippen LogP contribution in [-0.2, 0) is 0 Å². The van der Waals surface area contributed by atoms with Crippen molar-refractivity contribution in [2.24, 2.45) is 0 Å². The maximum absolute atomic E-state index is 14.2. The average molecular weight is 493 g/mol. The van der Waals surface area contributed by atoms with Gasteiger partial charge in [-0.2, -0.15) is 0 Å². The first kappa shape index (κ1) is 22.7. The number of benzene rings is 2. The van der Waals surface area contributed by atoms with E-state index in [1.165, 1.54) is 29.6 Å². The number of carboxylic acid groups (broad SMARTS) is 1. The topological polar surface area (TPSA) is 101 Å². The predicted octanol–water partition coefficient (Wildman–Crippen LogP) is 4.90. The van der Waals surface area contributed by atoms with Crippen LogP contribution >= 0.6 is 22.9 Å². The summed E-state index contributed by atoms with van der Waals surface area (Å²) in [5.41, 5.74) is -1.95. The van der Waals surface area contributed by atoms with Crippen molar-refractivity contribution >= 4 is 39.8 Å². The molecular formula is C22H15ClF2N2O5S. The molecule has 2 heterocycles. The highest BCUT2D eigenvalue weighted by molar-refractivity contribution is 7.13. The molecule has 0 amide bonds. The molecule has 33 heavy (non-hydrogen) atoms. The summed E-state index contributed by atoms with van der Waals surface area (Å²) >= 11 is 7.04. The van der Waals surface area contributed by atoms with Gasteiger partial charge in [0.2, 0.25) is 0 Å². The molecule has 0 saturated carbocycles. The van der Waals surface area contributed by atoms with Crippen LogP contribution in [0.3, 0.4) is 0 Å². The molecule has 0 fully saturated rings. The van der Waals surface area contributed by atoms with E-state index in [2.05, 4.69) is 4.98 Å². The number of aromatic amines is 1. The molecule has 0 radical (unpaired) electrons. The van der Waals surface area contributed by atoms with Crippen molar-refractivity contribution in [1.82, 2.24) is 9.55 Å². The number of carboxylic acids is 1. The van der Waals surface area contributed by atoms with Gasteiger partial charge >= 0.3 is 11.7 Å². The van der Waals surface area contributed by atoms with E-state index in [0.717, 1.165) is 23.5 Å². The van der Waals surface area contributed by atoms with Gasteiger partial charge in [0.05, 0.1) is 27.2 Å². The van der Waals surface area contributed by atoms with Crippen LogP contribution in [0.15, 0.2) is 51.4 Å². The van der Waals surface area contributed by atoms with E-state index in [-0.39, 0.29) is 44.2 Å². The summed E-state index contributed by atoms with van der Waals surface area (Å²) in [6.45, 7) is 1.68. The van der Waals surface area contributed by atoms with E-state index in [1.807, 2.05) is 0 Å².